The van der Waals surface area contributed by atoms with Gasteiger partial charge in [0.25, 0.3) is 5.91 Å². The van der Waals surface area contributed by atoms with Crippen LogP contribution in [0.25, 0.3) is 0 Å². The minimum absolute atomic E-state index is 0.0839. The number of carbonyl (C=O) groups is 2. The lowest BCUT2D eigenvalue weighted by molar-refractivity contribution is -0.148. The van der Waals surface area contributed by atoms with Crippen molar-refractivity contribution in [3.8, 4) is 0 Å². The van der Waals surface area contributed by atoms with E-state index in [4.69, 9.17) is 4.74 Å². The summed E-state index contributed by atoms with van der Waals surface area (Å²) in [4.78, 5) is 25.1. The summed E-state index contributed by atoms with van der Waals surface area (Å²) in [6, 6.07) is 3.78. The maximum atomic E-state index is 12.9. The number of halogens is 3. The number of aryl methyl sites for hydroxylation is 1. The largest absolute Gasteiger partial charge is 0.406 e. The minimum atomic E-state index is -4.50. The topological polar surface area (TPSA) is 46.6 Å². The fourth-order valence-corrected chi connectivity index (χ4v) is 2.83. The van der Waals surface area contributed by atoms with Crippen LogP contribution >= 0.6 is 0 Å². The molecule has 1 aromatic carbocycles. The highest BCUT2D eigenvalue weighted by Gasteiger charge is 2.37. The number of benzene rings is 1. The van der Waals surface area contributed by atoms with Crippen molar-refractivity contribution in [2.24, 2.45) is 0 Å². The number of alkyl halides is 3. The number of ether oxygens (including phenoxy) is 1. The first-order chi connectivity index (χ1) is 11.2. The summed E-state index contributed by atoms with van der Waals surface area (Å²) in [7, 11) is 0. The molecule has 0 saturated carbocycles. The summed E-state index contributed by atoms with van der Waals surface area (Å²) in [6.07, 6.45) is -3.42. The molecule has 1 fully saturated rings. The normalized spacial score (nSPS) is 18.3. The van der Waals surface area contributed by atoms with Crippen molar-refractivity contribution in [1.29, 1.82) is 0 Å². The van der Waals surface area contributed by atoms with Gasteiger partial charge in [-0.15, -0.1) is 0 Å². The highest BCUT2D eigenvalue weighted by atomic mass is 19.4. The number of hydrogen-bond donors (Lipinski definition) is 0. The SMILES string of the molecule is CC(=O)c1cc(C(=O)N(CC(F)(F)F)[C@@H]2CCCOC2)ccc1C. The van der Waals surface area contributed by atoms with Crippen molar-refractivity contribution >= 4 is 11.7 Å². The molecule has 1 aliphatic rings. The lowest BCUT2D eigenvalue weighted by Crippen LogP contribution is -2.49. The number of hydrogen-bond acceptors (Lipinski definition) is 3. The summed E-state index contributed by atoms with van der Waals surface area (Å²) >= 11 is 0. The Bertz CT molecular complexity index is 622. The van der Waals surface area contributed by atoms with E-state index in [2.05, 4.69) is 0 Å². The minimum Gasteiger partial charge on any atom is -0.379 e. The second-order valence-corrected chi connectivity index (χ2v) is 6.01. The molecule has 2 rings (SSSR count). The van der Waals surface area contributed by atoms with Crippen LogP contribution in [0.4, 0.5) is 13.2 Å². The Labute approximate surface area is 138 Å². The first-order valence-electron chi connectivity index (χ1n) is 7.76. The van der Waals surface area contributed by atoms with Crippen molar-refractivity contribution in [2.75, 3.05) is 19.8 Å². The van der Waals surface area contributed by atoms with Crippen LogP contribution in [-0.4, -0.2) is 48.6 Å². The summed E-state index contributed by atoms with van der Waals surface area (Å²) in [5.74, 6) is -0.962. The Hall–Kier alpha value is -1.89. The van der Waals surface area contributed by atoms with Crippen LogP contribution in [-0.2, 0) is 4.74 Å². The van der Waals surface area contributed by atoms with Crippen LogP contribution in [0.1, 0.15) is 46.0 Å². The third kappa shape index (κ3) is 4.56. The summed E-state index contributed by atoms with van der Waals surface area (Å²) in [5.41, 5.74) is 1.11. The van der Waals surface area contributed by atoms with E-state index < -0.39 is 24.7 Å². The lowest BCUT2D eigenvalue weighted by atomic mass is 10.0. The first kappa shape index (κ1) is 18.4. The van der Waals surface area contributed by atoms with Gasteiger partial charge in [-0.25, -0.2) is 0 Å². The Kier molecular flexibility index (Phi) is 5.64. The highest BCUT2D eigenvalue weighted by Crippen LogP contribution is 2.24. The van der Waals surface area contributed by atoms with Crippen molar-refractivity contribution < 1.29 is 27.5 Å². The number of nitrogens with zero attached hydrogens (tertiary/aromatic N) is 1. The van der Waals surface area contributed by atoms with Gasteiger partial charge in [-0.3, -0.25) is 9.59 Å². The molecule has 0 unspecified atom stereocenters. The predicted molar refractivity (Wildman–Crippen MR) is 82.1 cm³/mol. The molecule has 4 nitrogen and oxygen atoms in total. The molecule has 0 spiro atoms. The number of rotatable bonds is 4. The highest BCUT2D eigenvalue weighted by molar-refractivity contribution is 6.00. The van der Waals surface area contributed by atoms with Crippen LogP contribution < -0.4 is 0 Å². The van der Waals surface area contributed by atoms with E-state index in [0.717, 1.165) is 4.90 Å². The summed E-state index contributed by atoms with van der Waals surface area (Å²) in [6.45, 7) is 2.33. The third-order valence-electron chi connectivity index (χ3n) is 4.05. The third-order valence-corrected chi connectivity index (χ3v) is 4.05. The molecular weight excluding hydrogens is 323 g/mol. The number of carbonyl (C=O) groups excluding carboxylic acids is 2. The second kappa shape index (κ2) is 7.34. The molecule has 0 bridgehead atoms. The molecule has 1 aliphatic heterocycles. The first-order valence-corrected chi connectivity index (χ1v) is 7.76. The van der Waals surface area contributed by atoms with Crippen LogP contribution in [0, 0.1) is 6.92 Å². The maximum absolute atomic E-state index is 12.9. The maximum Gasteiger partial charge on any atom is 0.406 e. The molecule has 7 heteroatoms. The zero-order valence-electron chi connectivity index (χ0n) is 13.7. The second-order valence-electron chi connectivity index (χ2n) is 6.01. The Balaban J connectivity index is 2.32. The summed E-state index contributed by atoms with van der Waals surface area (Å²) < 4.78 is 44.0. The standard InChI is InChI=1S/C17H20F3NO3/c1-11-5-6-13(8-15(11)12(2)22)16(23)21(10-17(18,19)20)14-4-3-7-24-9-14/h5-6,8,14H,3-4,7,9-10H2,1-2H3/t14-/m1/s1. The monoisotopic (exact) mass is 343 g/mol. The molecular formula is C17H20F3NO3. The Morgan fingerprint density at radius 2 is 2.04 bits per heavy atom. The zero-order valence-corrected chi connectivity index (χ0v) is 13.7. The molecule has 0 N–H and O–H groups in total. The number of Topliss-reactive ketones (excluding diaryl/α,β-unsaturated/α-hetero) is 1. The molecule has 0 radical (unpaired) electrons. The molecule has 0 aromatic heterocycles. The average Bonchev–Trinajstić information content (AvgIpc) is 2.52. The van der Waals surface area contributed by atoms with Gasteiger partial charge in [-0.05, 0) is 44.4 Å². The van der Waals surface area contributed by atoms with Gasteiger partial charge in [0.2, 0.25) is 0 Å². The fraction of sp³-hybridized carbons (Fsp3) is 0.529. The van der Waals surface area contributed by atoms with Crippen molar-refractivity contribution in [2.45, 2.75) is 38.9 Å². The summed E-state index contributed by atoms with van der Waals surface area (Å²) in [5, 5.41) is 0. The zero-order chi connectivity index (χ0) is 17.9. The molecule has 132 valence electrons. The van der Waals surface area contributed by atoms with Gasteiger partial charge in [0.15, 0.2) is 5.78 Å². The van der Waals surface area contributed by atoms with Gasteiger partial charge in [-0.2, -0.15) is 13.2 Å². The van der Waals surface area contributed by atoms with Crippen LogP contribution in [0.3, 0.4) is 0 Å². The molecule has 0 aliphatic carbocycles. The van der Waals surface area contributed by atoms with E-state index in [1.54, 1.807) is 13.0 Å². The van der Waals surface area contributed by atoms with E-state index >= 15 is 0 Å². The molecule has 1 saturated heterocycles. The molecule has 1 aromatic rings. The van der Waals surface area contributed by atoms with E-state index in [1.165, 1.54) is 19.1 Å². The predicted octanol–water partition coefficient (Wildman–Crippen LogP) is 3.38. The smallest absolute Gasteiger partial charge is 0.379 e. The number of ketones is 1. The molecule has 1 heterocycles. The van der Waals surface area contributed by atoms with E-state index in [0.29, 0.717) is 30.6 Å². The molecule has 1 atom stereocenters. The van der Waals surface area contributed by atoms with Gasteiger partial charge in [0.1, 0.15) is 6.54 Å². The van der Waals surface area contributed by atoms with Crippen LogP contribution in [0.2, 0.25) is 0 Å². The average molecular weight is 343 g/mol. The van der Waals surface area contributed by atoms with Crippen LogP contribution in [0.5, 0.6) is 0 Å². The van der Waals surface area contributed by atoms with Crippen molar-refractivity contribution in [3.05, 3.63) is 34.9 Å². The van der Waals surface area contributed by atoms with Gasteiger partial charge in [0.05, 0.1) is 12.6 Å². The van der Waals surface area contributed by atoms with Gasteiger partial charge in [-0.1, -0.05) is 6.07 Å². The Morgan fingerprint density at radius 1 is 1.33 bits per heavy atom. The number of amides is 1. The fourth-order valence-electron chi connectivity index (χ4n) is 2.83. The lowest BCUT2D eigenvalue weighted by Gasteiger charge is -2.34. The van der Waals surface area contributed by atoms with E-state index in [1.807, 2.05) is 0 Å². The quantitative estimate of drug-likeness (QED) is 0.788. The van der Waals surface area contributed by atoms with Gasteiger partial charge >= 0.3 is 6.18 Å². The van der Waals surface area contributed by atoms with Crippen LogP contribution in [0.15, 0.2) is 18.2 Å². The van der Waals surface area contributed by atoms with E-state index in [9.17, 15) is 22.8 Å². The van der Waals surface area contributed by atoms with Gasteiger partial charge in [0, 0.05) is 17.7 Å². The molecule has 24 heavy (non-hydrogen) atoms. The van der Waals surface area contributed by atoms with Gasteiger partial charge < -0.3 is 9.64 Å². The van der Waals surface area contributed by atoms with Crippen molar-refractivity contribution in [3.63, 3.8) is 0 Å². The van der Waals surface area contributed by atoms with E-state index in [-0.39, 0.29) is 18.0 Å². The molecule has 1 amide bonds. The Morgan fingerprint density at radius 3 is 2.58 bits per heavy atom. The van der Waals surface area contributed by atoms with Crippen molar-refractivity contribution in [1.82, 2.24) is 4.90 Å².